The molecular formula is C21H32N6O. The van der Waals surface area contributed by atoms with Crippen molar-refractivity contribution >= 4 is 11.9 Å². The largest absolute Gasteiger partial charge is 0.357 e. The van der Waals surface area contributed by atoms with Crippen molar-refractivity contribution in [1.29, 1.82) is 0 Å². The molecule has 0 aliphatic heterocycles. The predicted octanol–water partition coefficient (Wildman–Crippen LogP) is 2.40. The predicted molar refractivity (Wildman–Crippen MR) is 114 cm³/mol. The summed E-state index contributed by atoms with van der Waals surface area (Å²) in [6.07, 6.45) is 0.966. The van der Waals surface area contributed by atoms with E-state index >= 15 is 0 Å². The summed E-state index contributed by atoms with van der Waals surface area (Å²) >= 11 is 0. The van der Waals surface area contributed by atoms with Crippen molar-refractivity contribution in [3.8, 4) is 0 Å². The summed E-state index contributed by atoms with van der Waals surface area (Å²) in [5, 5.41) is 13.9. The van der Waals surface area contributed by atoms with Crippen LogP contribution in [0.2, 0.25) is 0 Å². The first kappa shape index (κ1) is 21.5. The van der Waals surface area contributed by atoms with Gasteiger partial charge in [0, 0.05) is 37.4 Å². The maximum absolute atomic E-state index is 11.8. The molecule has 7 nitrogen and oxygen atoms in total. The number of benzene rings is 1. The third-order valence-corrected chi connectivity index (χ3v) is 4.26. The number of nitrogens with zero attached hydrogens (tertiary/aromatic N) is 3. The van der Waals surface area contributed by atoms with Crippen LogP contribution >= 0.6 is 0 Å². The van der Waals surface area contributed by atoms with Gasteiger partial charge in [0.15, 0.2) is 5.96 Å². The van der Waals surface area contributed by atoms with Crippen LogP contribution in [-0.4, -0.2) is 41.3 Å². The minimum absolute atomic E-state index is 0.0461. The van der Waals surface area contributed by atoms with Crippen LogP contribution in [-0.2, 0) is 13.1 Å². The molecule has 1 amide bonds. The average molecular weight is 385 g/mol. The summed E-state index contributed by atoms with van der Waals surface area (Å²) in [5.74, 6) is 0.749. The van der Waals surface area contributed by atoms with Gasteiger partial charge in [-0.05, 0) is 57.9 Å². The van der Waals surface area contributed by atoms with Crippen molar-refractivity contribution in [2.24, 2.45) is 4.99 Å². The van der Waals surface area contributed by atoms with E-state index in [0.29, 0.717) is 18.7 Å². The molecule has 152 valence electrons. The number of carbonyl (C=O) groups is 1. The first-order chi connectivity index (χ1) is 13.5. The SMILES string of the molecule is CCNC(=O)c1ccc(CN=C(NCC)NCCCn2nc(C)cc2C)cc1. The van der Waals surface area contributed by atoms with Gasteiger partial charge in [0.25, 0.3) is 5.91 Å². The van der Waals surface area contributed by atoms with Crippen LogP contribution in [0.25, 0.3) is 0 Å². The fourth-order valence-corrected chi connectivity index (χ4v) is 2.87. The molecule has 0 atom stereocenters. The Bertz CT molecular complexity index is 779. The second-order valence-electron chi connectivity index (χ2n) is 6.68. The molecule has 0 bridgehead atoms. The standard InChI is InChI=1S/C21H32N6O/c1-5-22-20(28)19-10-8-18(9-11-19)15-25-21(23-6-2)24-12-7-13-27-17(4)14-16(3)26-27/h8-11,14H,5-7,12-13,15H2,1-4H3,(H,22,28)(H2,23,24,25). The molecule has 28 heavy (non-hydrogen) atoms. The summed E-state index contributed by atoms with van der Waals surface area (Å²) in [6, 6.07) is 9.66. The molecule has 0 fully saturated rings. The fourth-order valence-electron chi connectivity index (χ4n) is 2.87. The van der Waals surface area contributed by atoms with E-state index in [1.54, 1.807) is 0 Å². The lowest BCUT2D eigenvalue weighted by molar-refractivity contribution is 0.0956. The second-order valence-corrected chi connectivity index (χ2v) is 6.68. The molecular weight excluding hydrogens is 352 g/mol. The molecule has 3 N–H and O–H groups in total. The first-order valence-electron chi connectivity index (χ1n) is 9.93. The van der Waals surface area contributed by atoms with Gasteiger partial charge in [0.05, 0.1) is 12.2 Å². The van der Waals surface area contributed by atoms with E-state index in [0.717, 1.165) is 43.3 Å². The molecule has 0 unspecified atom stereocenters. The zero-order valence-corrected chi connectivity index (χ0v) is 17.4. The number of aliphatic imine (C=N–C) groups is 1. The molecule has 7 heteroatoms. The Balaban J connectivity index is 1.84. The van der Waals surface area contributed by atoms with Gasteiger partial charge in [-0.2, -0.15) is 5.10 Å². The zero-order chi connectivity index (χ0) is 20.4. The Hall–Kier alpha value is -2.83. The third-order valence-electron chi connectivity index (χ3n) is 4.26. The van der Waals surface area contributed by atoms with Crippen molar-refractivity contribution in [2.45, 2.75) is 47.2 Å². The van der Waals surface area contributed by atoms with Gasteiger partial charge in [-0.15, -0.1) is 0 Å². The molecule has 1 aromatic carbocycles. The molecule has 0 saturated carbocycles. The molecule has 1 heterocycles. The highest BCUT2D eigenvalue weighted by atomic mass is 16.1. The highest BCUT2D eigenvalue weighted by Gasteiger charge is 2.04. The number of nitrogens with one attached hydrogen (secondary N) is 3. The zero-order valence-electron chi connectivity index (χ0n) is 17.4. The van der Waals surface area contributed by atoms with Gasteiger partial charge in [-0.3, -0.25) is 9.48 Å². The molecule has 2 aromatic rings. The van der Waals surface area contributed by atoms with Crippen molar-refractivity contribution in [3.63, 3.8) is 0 Å². The monoisotopic (exact) mass is 384 g/mol. The molecule has 0 radical (unpaired) electrons. The fraction of sp³-hybridized carbons (Fsp3) is 0.476. The number of carbonyl (C=O) groups excluding carboxylic acids is 1. The smallest absolute Gasteiger partial charge is 0.251 e. The lowest BCUT2D eigenvalue weighted by Crippen LogP contribution is -2.38. The number of amides is 1. The molecule has 0 saturated heterocycles. The number of hydrogen-bond donors (Lipinski definition) is 3. The van der Waals surface area contributed by atoms with E-state index in [4.69, 9.17) is 0 Å². The van der Waals surface area contributed by atoms with Crippen molar-refractivity contribution in [3.05, 3.63) is 52.8 Å². The summed E-state index contributed by atoms with van der Waals surface area (Å²) in [6.45, 7) is 11.7. The van der Waals surface area contributed by atoms with Crippen LogP contribution in [0, 0.1) is 13.8 Å². The van der Waals surface area contributed by atoms with E-state index in [1.165, 1.54) is 5.69 Å². The van der Waals surface area contributed by atoms with Crippen molar-refractivity contribution in [2.75, 3.05) is 19.6 Å². The van der Waals surface area contributed by atoms with Crippen LogP contribution < -0.4 is 16.0 Å². The van der Waals surface area contributed by atoms with Crippen molar-refractivity contribution < 1.29 is 4.79 Å². The van der Waals surface area contributed by atoms with Gasteiger partial charge in [-0.25, -0.2) is 4.99 Å². The van der Waals surface area contributed by atoms with E-state index in [-0.39, 0.29) is 5.91 Å². The quantitative estimate of drug-likeness (QED) is 0.352. The third kappa shape index (κ3) is 6.72. The Labute approximate surface area is 167 Å². The van der Waals surface area contributed by atoms with Crippen LogP contribution in [0.5, 0.6) is 0 Å². The summed E-state index contributed by atoms with van der Waals surface area (Å²) in [5.41, 5.74) is 3.98. The molecule has 1 aromatic heterocycles. The molecule has 0 aliphatic carbocycles. The maximum atomic E-state index is 11.8. The number of aryl methyl sites for hydroxylation is 3. The van der Waals surface area contributed by atoms with Gasteiger partial charge >= 0.3 is 0 Å². The lowest BCUT2D eigenvalue weighted by Gasteiger charge is -2.12. The minimum Gasteiger partial charge on any atom is -0.357 e. The normalized spacial score (nSPS) is 11.4. The highest BCUT2D eigenvalue weighted by Crippen LogP contribution is 2.06. The van der Waals surface area contributed by atoms with Gasteiger partial charge in [0.2, 0.25) is 0 Å². The molecule has 2 rings (SSSR count). The van der Waals surface area contributed by atoms with Gasteiger partial charge in [-0.1, -0.05) is 12.1 Å². The maximum Gasteiger partial charge on any atom is 0.251 e. The topological polar surface area (TPSA) is 83.3 Å². The van der Waals surface area contributed by atoms with E-state index in [9.17, 15) is 4.79 Å². The Morgan fingerprint density at radius 2 is 1.79 bits per heavy atom. The molecule has 0 spiro atoms. The second kappa shape index (κ2) is 11.1. The van der Waals surface area contributed by atoms with Crippen LogP contribution in [0.15, 0.2) is 35.3 Å². The number of hydrogen-bond acceptors (Lipinski definition) is 3. The highest BCUT2D eigenvalue weighted by molar-refractivity contribution is 5.94. The van der Waals surface area contributed by atoms with Crippen LogP contribution in [0.3, 0.4) is 0 Å². The number of aromatic nitrogens is 2. The average Bonchev–Trinajstić information content (AvgIpc) is 3.00. The van der Waals surface area contributed by atoms with E-state index in [1.807, 2.05) is 49.7 Å². The Morgan fingerprint density at radius 3 is 2.39 bits per heavy atom. The van der Waals surface area contributed by atoms with Crippen LogP contribution in [0.4, 0.5) is 0 Å². The summed E-state index contributed by atoms with van der Waals surface area (Å²) < 4.78 is 2.04. The van der Waals surface area contributed by atoms with Crippen LogP contribution in [0.1, 0.15) is 47.6 Å². The minimum atomic E-state index is -0.0461. The van der Waals surface area contributed by atoms with E-state index < -0.39 is 0 Å². The van der Waals surface area contributed by atoms with E-state index in [2.05, 4.69) is 39.0 Å². The Kier molecular flexibility index (Phi) is 8.52. The number of rotatable bonds is 9. The van der Waals surface area contributed by atoms with Gasteiger partial charge < -0.3 is 16.0 Å². The van der Waals surface area contributed by atoms with Crippen molar-refractivity contribution in [1.82, 2.24) is 25.7 Å². The Morgan fingerprint density at radius 1 is 1.07 bits per heavy atom. The molecule has 0 aliphatic rings. The lowest BCUT2D eigenvalue weighted by atomic mass is 10.1. The van der Waals surface area contributed by atoms with Gasteiger partial charge in [0.1, 0.15) is 0 Å². The first-order valence-corrected chi connectivity index (χ1v) is 9.93. The summed E-state index contributed by atoms with van der Waals surface area (Å²) in [4.78, 5) is 16.4. The number of guanidine groups is 1. The summed E-state index contributed by atoms with van der Waals surface area (Å²) in [7, 11) is 0.